The number of Topliss-reactive ketones (excluding diaryl/α,β-unsaturated/α-hetero) is 1. The first-order valence-electron chi connectivity index (χ1n) is 11.3. The molecule has 1 aliphatic rings. The lowest BCUT2D eigenvalue weighted by Gasteiger charge is -2.03. The molecule has 2 heterocycles. The third-order valence-corrected chi connectivity index (χ3v) is 7.33. The van der Waals surface area contributed by atoms with Crippen LogP contribution in [0, 0.1) is 22.7 Å². The third kappa shape index (κ3) is 3.56. The zero-order chi connectivity index (χ0) is 24.6. The molecule has 0 fully saturated rings. The summed E-state index contributed by atoms with van der Waals surface area (Å²) in [5.41, 5.74) is 5.82. The predicted octanol–water partition coefficient (Wildman–Crippen LogP) is 7.91. The summed E-state index contributed by atoms with van der Waals surface area (Å²) in [4.78, 5) is 14.2. The summed E-state index contributed by atoms with van der Waals surface area (Å²) in [5, 5.41) is 19.0. The smallest absolute Gasteiger partial charge is 0.194 e. The first-order valence-corrected chi connectivity index (χ1v) is 12.1. The number of allylic oxidation sites excluding steroid dienone is 3. The van der Waals surface area contributed by atoms with Crippen LogP contribution in [0.25, 0.3) is 43.5 Å². The SMILES string of the molecule is N#CC(C#N)=C1/C(=C/c2cc3sc(-c4ccc(-c5ccccc5)cc4)cc3o2)C(=O)c2ccccc21. The topological polar surface area (TPSA) is 77.8 Å². The molecule has 0 amide bonds. The lowest BCUT2D eigenvalue weighted by atomic mass is 9.99. The zero-order valence-electron chi connectivity index (χ0n) is 18.9. The molecular formula is C31H16N2O2S. The summed E-state index contributed by atoms with van der Waals surface area (Å²) in [7, 11) is 0. The normalized spacial score (nSPS) is 13.6. The molecule has 2 aromatic heterocycles. The number of rotatable bonds is 3. The maximum atomic E-state index is 13.1. The molecule has 168 valence electrons. The van der Waals surface area contributed by atoms with Crippen molar-refractivity contribution in [3.8, 4) is 33.7 Å². The molecule has 0 saturated heterocycles. The van der Waals surface area contributed by atoms with Gasteiger partial charge in [-0.25, -0.2) is 0 Å². The van der Waals surface area contributed by atoms with Gasteiger partial charge in [0, 0.05) is 33.7 Å². The number of hydrogen-bond acceptors (Lipinski definition) is 5. The highest BCUT2D eigenvalue weighted by Crippen LogP contribution is 2.41. The highest BCUT2D eigenvalue weighted by molar-refractivity contribution is 7.22. The summed E-state index contributed by atoms with van der Waals surface area (Å²) in [5.74, 6) is 0.286. The van der Waals surface area contributed by atoms with Crippen LogP contribution < -0.4 is 0 Å². The number of fused-ring (bicyclic) bond motifs is 2. The maximum Gasteiger partial charge on any atom is 0.194 e. The largest absolute Gasteiger partial charge is 0.456 e. The highest BCUT2D eigenvalue weighted by atomic mass is 32.1. The van der Waals surface area contributed by atoms with Crippen molar-refractivity contribution in [2.24, 2.45) is 0 Å². The fourth-order valence-electron chi connectivity index (χ4n) is 4.51. The van der Waals surface area contributed by atoms with Crippen LogP contribution in [-0.4, -0.2) is 5.78 Å². The van der Waals surface area contributed by atoms with Crippen LogP contribution in [0.4, 0.5) is 0 Å². The number of thiophene rings is 1. The molecule has 6 rings (SSSR count). The van der Waals surface area contributed by atoms with Gasteiger partial charge in [-0.05, 0) is 28.3 Å². The van der Waals surface area contributed by atoms with Gasteiger partial charge in [-0.2, -0.15) is 10.5 Å². The van der Waals surface area contributed by atoms with E-state index in [1.807, 2.05) is 42.5 Å². The standard InChI is InChI=1S/C31H16N2O2S/c32-17-22(18-33)30-24-8-4-5-9-25(24)31(34)26(30)14-23-15-29-27(35-23)16-28(36-29)21-12-10-20(11-13-21)19-6-2-1-3-7-19/h1-16H/b26-14-. The quantitative estimate of drug-likeness (QED) is 0.194. The van der Waals surface area contributed by atoms with Crippen LogP contribution in [0.5, 0.6) is 0 Å². The average Bonchev–Trinajstić information content (AvgIpc) is 3.57. The second-order valence-corrected chi connectivity index (χ2v) is 9.42. The molecule has 5 aromatic rings. The number of carbonyl (C=O) groups excluding carboxylic acids is 1. The van der Waals surface area contributed by atoms with Crippen molar-refractivity contribution in [1.82, 2.24) is 0 Å². The Morgan fingerprint density at radius 1 is 0.778 bits per heavy atom. The van der Waals surface area contributed by atoms with E-state index in [1.54, 1.807) is 41.7 Å². The number of ketones is 1. The van der Waals surface area contributed by atoms with E-state index in [1.165, 1.54) is 5.56 Å². The molecular weight excluding hydrogens is 464 g/mol. The Labute approximate surface area is 211 Å². The Morgan fingerprint density at radius 3 is 2.11 bits per heavy atom. The molecule has 3 aromatic carbocycles. The number of nitriles is 2. The first kappa shape index (κ1) is 21.6. The second-order valence-electron chi connectivity index (χ2n) is 8.34. The van der Waals surface area contributed by atoms with Crippen molar-refractivity contribution < 1.29 is 9.21 Å². The molecule has 4 nitrogen and oxygen atoms in total. The average molecular weight is 481 g/mol. The summed E-state index contributed by atoms with van der Waals surface area (Å²) < 4.78 is 7.02. The van der Waals surface area contributed by atoms with Crippen molar-refractivity contribution in [1.29, 1.82) is 10.5 Å². The third-order valence-electron chi connectivity index (χ3n) is 6.22. The van der Waals surface area contributed by atoms with E-state index in [4.69, 9.17) is 4.42 Å². The number of carbonyl (C=O) groups is 1. The van der Waals surface area contributed by atoms with E-state index >= 15 is 0 Å². The van der Waals surface area contributed by atoms with Crippen LogP contribution in [0.2, 0.25) is 0 Å². The summed E-state index contributed by atoms with van der Waals surface area (Å²) >= 11 is 1.61. The Hall–Kier alpha value is -4.97. The summed E-state index contributed by atoms with van der Waals surface area (Å²) in [6, 6.07) is 33.5. The van der Waals surface area contributed by atoms with E-state index in [0.29, 0.717) is 28.0 Å². The minimum absolute atomic E-state index is 0.0887. The van der Waals surface area contributed by atoms with Crippen molar-refractivity contribution in [3.63, 3.8) is 0 Å². The Balaban J connectivity index is 1.35. The highest BCUT2D eigenvalue weighted by Gasteiger charge is 2.32. The summed E-state index contributed by atoms with van der Waals surface area (Å²) in [6.07, 6.45) is 1.63. The van der Waals surface area contributed by atoms with Crippen LogP contribution in [0.15, 0.2) is 107 Å². The van der Waals surface area contributed by atoms with Crippen molar-refractivity contribution >= 4 is 39.1 Å². The zero-order valence-corrected chi connectivity index (χ0v) is 19.7. The van der Waals surface area contributed by atoms with E-state index in [2.05, 4.69) is 36.4 Å². The van der Waals surface area contributed by atoms with Gasteiger partial charge in [-0.1, -0.05) is 78.9 Å². The molecule has 0 saturated carbocycles. The molecule has 0 bridgehead atoms. The molecule has 1 aliphatic carbocycles. The van der Waals surface area contributed by atoms with Crippen molar-refractivity contribution in [3.05, 3.63) is 119 Å². The van der Waals surface area contributed by atoms with Gasteiger partial charge in [-0.3, -0.25) is 4.79 Å². The maximum absolute atomic E-state index is 13.1. The van der Waals surface area contributed by atoms with Crippen molar-refractivity contribution in [2.45, 2.75) is 0 Å². The summed E-state index contributed by atoms with van der Waals surface area (Å²) in [6.45, 7) is 0. The molecule has 0 spiro atoms. The lowest BCUT2D eigenvalue weighted by molar-refractivity contribution is 0.104. The predicted molar refractivity (Wildman–Crippen MR) is 142 cm³/mol. The van der Waals surface area contributed by atoms with Gasteiger partial charge in [-0.15, -0.1) is 11.3 Å². The van der Waals surface area contributed by atoms with Gasteiger partial charge in [0.05, 0.1) is 4.70 Å². The molecule has 0 aliphatic heterocycles. The molecule has 0 radical (unpaired) electrons. The van der Waals surface area contributed by atoms with E-state index in [-0.39, 0.29) is 11.4 Å². The molecule has 0 N–H and O–H groups in total. The Kier molecular flexibility index (Phi) is 5.19. The van der Waals surface area contributed by atoms with E-state index < -0.39 is 0 Å². The van der Waals surface area contributed by atoms with Crippen LogP contribution in [0.3, 0.4) is 0 Å². The Bertz CT molecular complexity index is 1760. The van der Waals surface area contributed by atoms with E-state index in [0.717, 1.165) is 26.3 Å². The fraction of sp³-hybridized carbons (Fsp3) is 0. The number of furan rings is 1. The van der Waals surface area contributed by atoms with Crippen LogP contribution in [-0.2, 0) is 0 Å². The second kappa shape index (κ2) is 8.67. The lowest BCUT2D eigenvalue weighted by Crippen LogP contribution is -1.95. The monoisotopic (exact) mass is 480 g/mol. The van der Waals surface area contributed by atoms with Crippen LogP contribution >= 0.6 is 11.3 Å². The molecule has 36 heavy (non-hydrogen) atoms. The minimum atomic E-state index is -0.220. The first-order chi connectivity index (χ1) is 17.7. The number of hydrogen-bond donors (Lipinski definition) is 0. The molecule has 0 atom stereocenters. The van der Waals surface area contributed by atoms with Gasteiger partial charge in [0.1, 0.15) is 29.1 Å². The van der Waals surface area contributed by atoms with Gasteiger partial charge < -0.3 is 4.42 Å². The van der Waals surface area contributed by atoms with Gasteiger partial charge in [0.2, 0.25) is 0 Å². The number of nitrogens with zero attached hydrogens (tertiary/aromatic N) is 2. The van der Waals surface area contributed by atoms with Gasteiger partial charge in [0.25, 0.3) is 0 Å². The van der Waals surface area contributed by atoms with Crippen LogP contribution in [0.1, 0.15) is 21.7 Å². The van der Waals surface area contributed by atoms with Gasteiger partial charge in [0.15, 0.2) is 5.78 Å². The minimum Gasteiger partial charge on any atom is -0.456 e. The molecule has 5 heteroatoms. The Morgan fingerprint density at radius 2 is 1.42 bits per heavy atom. The number of benzene rings is 3. The molecule has 0 unspecified atom stereocenters. The fourth-order valence-corrected chi connectivity index (χ4v) is 5.55. The van der Waals surface area contributed by atoms with Gasteiger partial charge >= 0.3 is 0 Å². The van der Waals surface area contributed by atoms with Crippen molar-refractivity contribution in [2.75, 3.05) is 0 Å². The van der Waals surface area contributed by atoms with E-state index in [9.17, 15) is 15.3 Å².